The number of ether oxygens (including phenoxy) is 1. The Balaban J connectivity index is 1.76. The van der Waals surface area contributed by atoms with Crippen LogP contribution in [0.3, 0.4) is 0 Å². The predicted molar refractivity (Wildman–Crippen MR) is 80.6 cm³/mol. The van der Waals surface area contributed by atoms with Gasteiger partial charge in [0.1, 0.15) is 18.2 Å². The van der Waals surface area contributed by atoms with Crippen molar-refractivity contribution in [2.24, 2.45) is 0 Å². The summed E-state index contributed by atoms with van der Waals surface area (Å²) in [5.41, 5.74) is 1.42. The van der Waals surface area contributed by atoms with Crippen LogP contribution in [0.4, 0.5) is 5.82 Å². The number of aromatic nitrogens is 2. The van der Waals surface area contributed by atoms with E-state index in [0.717, 1.165) is 11.3 Å². The van der Waals surface area contributed by atoms with Gasteiger partial charge < -0.3 is 15.4 Å². The van der Waals surface area contributed by atoms with Gasteiger partial charge in [-0.2, -0.15) is 0 Å². The number of aryl methyl sites for hydroxylation is 1. The van der Waals surface area contributed by atoms with Gasteiger partial charge >= 0.3 is 0 Å². The molecule has 0 fully saturated rings. The molecule has 6 nitrogen and oxygen atoms in total. The van der Waals surface area contributed by atoms with Crippen molar-refractivity contribution in [3.05, 3.63) is 47.7 Å². The monoisotopic (exact) mass is 286 g/mol. The van der Waals surface area contributed by atoms with Crippen LogP contribution in [0.25, 0.3) is 0 Å². The fraction of sp³-hybridized carbons (Fsp3) is 0.267. The van der Waals surface area contributed by atoms with Crippen LogP contribution in [0, 0.1) is 6.92 Å². The molecule has 0 bridgehead atoms. The Labute approximate surface area is 123 Å². The molecule has 0 saturated carbocycles. The van der Waals surface area contributed by atoms with Gasteiger partial charge in [0.25, 0.3) is 5.91 Å². The standard InChI is InChI=1S/C15H18N4O2/c1-11-4-3-5-12(10-11)21-9-8-17-15(20)13-6-7-14(16-2)19-18-13/h3-7,10H,8-9H2,1-2H3,(H,16,19)(H,17,20). The maximum Gasteiger partial charge on any atom is 0.271 e. The molecule has 1 amide bonds. The molecule has 0 aliphatic carbocycles. The minimum atomic E-state index is -0.266. The molecule has 0 spiro atoms. The summed E-state index contributed by atoms with van der Waals surface area (Å²) in [6.07, 6.45) is 0. The van der Waals surface area contributed by atoms with Crippen molar-refractivity contribution < 1.29 is 9.53 Å². The van der Waals surface area contributed by atoms with E-state index in [1.54, 1.807) is 19.2 Å². The normalized spacial score (nSPS) is 10.0. The first-order valence-electron chi connectivity index (χ1n) is 6.68. The Bertz CT molecular complexity index is 599. The zero-order chi connectivity index (χ0) is 15.1. The molecule has 0 aliphatic heterocycles. The summed E-state index contributed by atoms with van der Waals surface area (Å²) in [5.74, 6) is 1.15. The summed E-state index contributed by atoms with van der Waals surface area (Å²) in [4.78, 5) is 11.8. The van der Waals surface area contributed by atoms with Crippen molar-refractivity contribution in [3.8, 4) is 5.75 Å². The van der Waals surface area contributed by atoms with Gasteiger partial charge in [0.15, 0.2) is 5.69 Å². The lowest BCUT2D eigenvalue weighted by molar-refractivity contribution is 0.0941. The highest BCUT2D eigenvalue weighted by atomic mass is 16.5. The molecule has 1 heterocycles. The summed E-state index contributed by atoms with van der Waals surface area (Å²) in [6.45, 7) is 2.81. The molecular formula is C15H18N4O2. The number of carbonyl (C=O) groups excluding carboxylic acids is 1. The smallest absolute Gasteiger partial charge is 0.271 e. The first-order chi connectivity index (χ1) is 10.2. The van der Waals surface area contributed by atoms with Crippen molar-refractivity contribution in [2.45, 2.75) is 6.92 Å². The van der Waals surface area contributed by atoms with Gasteiger partial charge in [0.2, 0.25) is 0 Å². The van der Waals surface area contributed by atoms with Crippen LogP contribution in [0.15, 0.2) is 36.4 Å². The zero-order valence-corrected chi connectivity index (χ0v) is 12.1. The maximum absolute atomic E-state index is 11.8. The van der Waals surface area contributed by atoms with Gasteiger partial charge in [-0.3, -0.25) is 4.79 Å². The predicted octanol–water partition coefficient (Wildman–Crippen LogP) is 1.64. The van der Waals surface area contributed by atoms with Crippen LogP contribution in [0.1, 0.15) is 16.1 Å². The Morgan fingerprint density at radius 3 is 2.76 bits per heavy atom. The minimum absolute atomic E-state index is 0.266. The molecule has 2 aromatic rings. The molecular weight excluding hydrogens is 268 g/mol. The summed E-state index contributed by atoms with van der Waals surface area (Å²) < 4.78 is 5.55. The Hall–Kier alpha value is -2.63. The Morgan fingerprint density at radius 2 is 2.10 bits per heavy atom. The molecule has 2 rings (SSSR count). The topological polar surface area (TPSA) is 76.1 Å². The lowest BCUT2D eigenvalue weighted by Crippen LogP contribution is -2.29. The molecule has 21 heavy (non-hydrogen) atoms. The largest absolute Gasteiger partial charge is 0.492 e. The fourth-order valence-corrected chi connectivity index (χ4v) is 1.72. The number of nitrogens with one attached hydrogen (secondary N) is 2. The summed E-state index contributed by atoms with van der Waals surface area (Å²) >= 11 is 0. The molecule has 0 unspecified atom stereocenters. The van der Waals surface area contributed by atoms with E-state index >= 15 is 0 Å². The number of amides is 1. The van der Waals surface area contributed by atoms with Gasteiger partial charge in [-0.15, -0.1) is 10.2 Å². The highest BCUT2D eigenvalue weighted by Crippen LogP contribution is 2.11. The average Bonchev–Trinajstić information content (AvgIpc) is 2.51. The number of carbonyl (C=O) groups is 1. The highest BCUT2D eigenvalue weighted by Gasteiger charge is 2.07. The zero-order valence-electron chi connectivity index (χ0n) is 12.1. The second kappa shape index (κ2) is 7.23. The maximum atomic E-state index is 11.8. The van der Waals surface area contributed by atoms with Crippen LogP contribution in [0.2, 0.25) is 0 Å². The van der Waals surface area contributed by atoms with E-state index in [1.165, 1.54) is 0 Å². The lowest BCUT2D eigenvalue weighted by atomic mass is 10.2. The molecule has 1 aromatic heterocycles. The molecule has 0 aliphatic rings. The van der Waals surface area contributed by atoms with Crippen LogP contribution < -0.4 is 15.4 Å². The number of hydrogen-bond donors (Lipinski definition) is 2. The van der Waals surface area contributed by atoms with E-state index in [9.17, 15) is 4.79 Å². The van der Waals surface area contributed by atoms with Crippen LogP contribution in [0.5, 0.6) is 5.75 Å². The highest BCUT2D eigenvalue weighted by molar-refractivity contribution is 5.92. The van der Waals surface area contributed by atoms with E-state index in [-0.39, 0.29) is 11.6 Å². The van der Waals surface area contributed by atoms with Crippen molar-refractivity contribution >= 4 is 11.7 Å². The van der Waals surface area contributed by atoms with E-state index in [0.29, 0.717) is 19.0 Å². The number of benzene rings is 1. The Morgan fingerprint density at radius 1 is 1.24 bits per heavy atom. The molecule has 6 heteroatoms. The van der Waals surface area contributed by atoms with Crippen LogP contribution in [-0.2, 0) is 0 Å². The first-order valence-corrected chi connectivity index (χ1v) is 6.68. The third-order valence-corrected chi connectivity index (χ3v) is 2.80. The number of rotatable bonds is 6. The Kier molecular flexibility index (Phi) is 5.09. The molecule has 0 saturated heterocycles. The van der Waals surface area contributed by atoms with Crippen LogP contribution >= 0.6 is 0 Å². The first kappa shape index (κ1) is 14.8. The SMILES string of the molecule is CNc1ccc(C(=O)NCCOc2cccc(C)c2)nn1. The van der Waals surface area contributed by atoms with E-state index in [1.807, 2.05) is 31.2 Å². The second-order valence-electron chi connectivity index (χ2n) is 4.47. The lowest BCUT2D eigenvalue weighted by Gasteiger charge is -2.08. The second-order valence-corrected chi connectivity index (χ2v) is 4.47. The summed E-state index contributed by atoms with van der Waals surface area (Å²) in [6, 6.07) is 11.1. The fourth-order valence-electron chi connectivity index (χ4n) is 1.72. The molecule has 1 aromatic carbocycles. The third-order valence-electron chi connectivity index (χ3n) is 2.80. The van der Waals surface area contributed by atoms with E-state index in [4.69, 9.17) is 4.74 Å². The van der Waals surface area contributed by atoms with Crippen molar-refractivity contribution in [1.82, 2.24) is 15.5 Å². The van der Waals surface area contributed by atoms with Gasteiger partial charge in [-0.05, 0) is 36.8 Å². The molecule has 0 atom stereocenters. The third kappa shape index (κ3) is 4.45. The molecule has 110 valence electrons. The van der Waals surface area contributed by atoms with E-state index < -0.39 is 0 Å². The molecule has 0 radical (unpaired) electrons. The van der Waals surface area contributed by atoms with E-state index in [2.05, 4.69) is 20.8 Å². The number of hydrogen-bond acceptors (Lipinski definition) is 5. The van der Waals surface area contributed by atoms with Gasteiger partial charge in [0, 0.05) is 7.05 Å². The number of anilines is 1. The minimum Gasteiger partial charge on any atom is -0.492 e. The van der Waals surface area contributed by atoms with Crippen molar-refractivity contribution in [1.29, 1.82) is 0 Å². The average molecular weight is 286 g/mol. The van der Waals surface area contributed by atoms with Gasteiger partial charge in [-0.25, -0.2) is 0 Å². The molecule has 2 N–H and O–H groups in total. The summed E-state index contributed by atoms with van der Waals surface area (Å²) in [7, 11) is 1.74. The number of nitrogens with zero attached hydrogens (tertiary/aromatic N) is 2. The van der Waals surface area contributed by atoms with Gasteiger partial charge in [0.05, 0.1) is 6.54 Å². The summed E-state index contributed by atoms with van der Waals surface area (Å²) in [5, 5.41) is 13.3. The van der Waals surface area contributed by atoms with Gasteiger partial charge in [-0.1, -0.05) is 12.1 Å². The quantitative estimate of drug-likeness (QED) is 0.789. The van der Waals surface area contributed by atoms with Crippen molar-refractivity contribution in [3.63, 3.8) is 0 Å². The van der Waals surface area contributed by atoms with Crippen molar-refractivity contribution in [2.75, 3.05) is 25.5 Å². The van der Waals surface area contributed by atoms with Crippen LogP contribution in [-0.4, -0.2) is 36.3 Å².